The summed E-state index contributed by atoms with van der Waals surface area (Å²) >= 11 is 0. The van der Waals surface area contributed by atoms with E-state index >= 15 is 0 Å². The van der Waals surface area contributed by atoms with Gasteiger partial charge in [0, 0.05) is 26.2 Å². The second kappa shape index (κ2) is 6.39. The molecule has 0 bridgehead atoms. The Morgan fingerprint density at radius 1 is 1.53 bits per heavy atom. The number of carboxylic acid groups (broad SMARTS) is 1. The van der Waals surface area contributed by atoms with Gasteiger partial charge in [0.2, 0.25) is 5.91 Å². The lowest BCUT2D eigenvalue weighted by Gasteiger charge is -2.31. The lowest BCUT2D eigenvalue weighted by molar-refractivity contribution is -0.131. The molecule has 0 radical (unpaired) electrons. The van der Waals surface area contributed by atoms with Gasteiger partial charge in [0.05, 0.1) is 5.92 Å². The van der Waals surface area contributed by atoms with E-state index in [9.17, 15) is 9.59 Å². The molecule has 0 spiro atoms. The van der Waals surface area contributed by atoms with E-state index in [4.69, 9.17) is 5.11 Å². The van der Waals surface area contributed by atoms with Gasteiger partial charge in [-0.2, -0.15) is 0 Å². The van der Waals surface area contributed by atoms with E-state index in [0.717, 1.165) is 25.0 Å². The Morgan fingerprint density at radius 3 is 2.82 bits per heavy atom. The zero-order valence-corrected chi connectivity index (χ0v) is 10.4. The molecule has 1 rings (SSSR count). The molecule has 1 heterocycles. The van der Waals surface area contributed by atoms with Crippen molar-refractivity contribution in [1.82, 2.24) is 10.2 Å². The van der Waals surface area contributed by atoms with Crippen LogP contribution in [-0.2, 0) is 9.59 Å². The van der Waals surface area contributed by atoms with Crippen LogP contribution >= 0.6 is 0 Å². The van der Waals surface area contributed by atoms with Gasteiger partial charge in [0.1, 0.15) is 0 Å². The van der Waals surface area contributed by atoms with Crippen molar-refractivity contribution in [2.45, 2.75) is 19.8 Å². The van der Waals surface area contributed by atoms with Crippen LogP contribution in [-0.4, -0.2) is 48.6 Å². The number of carbonyl (C=O) groups is 2. The summed E-state index contributed by atoms with van der Waals surface area (Å²) in [5.41, 5.74) is 0.815. The second-order valence-corrected chi connectivity index (χ2v) is 4.52. The quantitative estimate of drug-likeness (QED) is 0.701. The molecule has 17 heavy (non-hydrogen) atoms. The Labute approximate surface area is 101 Å². The fraction of sp³-hybridized carbons (Fsp3) is 0.667. The number of hydrogen-bond donors (Lipinski definition) is 2. The highest BCUT2D eigenvalue weighted by Gasteiger charge is 2.24. The molecule has 1 saturated heterocycles. The topological polar surface area (TPSA) is 69.6 Å². The summed E-state index contributed by atoms with van der Waals surface area (Å²) in [5.74, 6) is -0.802. The van der Waals surface area contributed by atoms with Crippen molar-refractivity contribution in [2.24, 2.45) is 5.92 Å². The Hall–Kier alpha value is -1.36. The molecule has 1 fully saturated rings. The Morgan fingerprint density at radius 2 is 2.24 bits per heavy atom. The van der Waals surface area contributed by atoms with Crippen LogP contribution in [0.3, 0.4) is 0 Å². The zero-order chi connectivity index (χ0) is 12.8. The highest BCUT2D eigenvalue weighted by molar-refractivity contribution is 5.80. The van der Waals surface area contributed by atoms with E-state index in [2.05, 4.69) is 10.2 Å². The standard InChI is InChI=1S/C12H20N2O3/c1-9(6-11(15)16)7-14-5-3-4-10(8-14)12(17)13-2/h6,10H,3-5,7-8H2,1-2H3,(H,13,17)(H,15,16). The molecule has 1 aliphatic heterocycles. The molecule has 2 N–H and O–H groups in total. The van der Waals surface area contributed by atoms with Crippen molar-refractivity contribution in [2.75, 3.05) is 26.7 Å². The van der Waals surface area contributed by atoms with Crippen LogP contribution in [0.2, 0.25) is 0 Å². The summed E-state index contributed by atoms with van der Waals surface area (Å²) in [6, 6.07) is 0. The molecule has 5 nitrogen and oxygen atoms in total. The Bertz CT molecular complexity index is 326. The molecule has 1 amide bonds. The predicted octanol–water partition coefficient (Wildman–Crippen LogP) is 0.475. The van der Waals surface area contributed by atoms with Gasteiger partial charge in [0.15, 0.2) is 0 Å². The van der Waals surface area contributed by atoms with Crippen LogP contribution in [0.4, 0.5) is 0 Å². The summed E-state index contributed by atoms with van der Waals surface area (Å²) in [4.78, 5) is 24.2. The first kappa shape index (κ1) is 13.7. The summed E-state index contributed by atoms with van der Waals surface area (Å²) in [6.07, 6.45) is 3.12. The van der Waals surface area contributed by atoms with Crippen molar-refractivity contribution in [3.63, 3.8) is 0 Å². The van der Waals surface area contributed by atoms with Crippen LogP contribution in [0.25, 0.3) is 0 Å². The molecule has 1 atom stereocenters. The minimum atomic E-state index is -0.914. The molecule has 0 aromatic rings. The van der Waals surface area contributed by atoms with E-state index in [1.807, 2.05) is 0 Å². The van der Waals surface area contributed by atoms with Gasteiger partial charge in [-0.1, -0.05) is 5.57 Å². The second-order valence-electron chi connectivity index (χ2n) is 4.52. The van der Waals surface area contributed by atoms with Gasteiger partial charge < -0.3 is 10.4 Å². The number of nitrogens with zero attached hydrogens (tertiary/aromatic N) is 1. The number of hydrogen-bond acceptors (Lipinski definition) is 3. The molecule has 0 saturated carbocycles. The molecular weight excluding hydrogens is 220 g/mol. The molecular formula is C12H20N2O3. The number of nitrogens with one attached hydrogen (secondary N) is 1. The van der Waals surface area contributed by atoms with Crippen LogP contribution < -0.4 is 5.32 Å². The number of carboxylic acids is 1. The average molecular weight is 240 g/mol. The summed E-state index contributed by atoms with van der Waals surface area (Å²) < 4.78 is 0. The van der Waals surface area contributed by atoms with Crippen LogP contribution in [0.15, 0.2) is 11.6 Å². The van der Waals surface area contributed by atoms with Crippen molar-refractivity contribution >= 4 is 11.9 Å². The van der Waals surface area contributed by atoms with E-state index < -0.39 is 5.97 Å². The third-order valence-electron chi connectivity index (χ3n) is 2.97. The molecule has 5 heteroatoms. The largest absolute Gasteiger partial charge is 0.478 e. The number of amides is 1. The highest BCUT2D eigenvalue weighted by Crippen LogP contribution is 2.17. The lowest BCUT2D eigenvalue weighted by Crippen LogP contribution is -2.42. The number of piperidine rings is 1. The summed E-state index contributed by atoms with van der Waals surface area (Å²) in [5, 5.41) is 11.3. The third kappa shape index (κ3) is 4.56. The van der Waals surface area contributed by atoms with Crippen LogP contribution in [0, 0.1) is 5.92 Å². The Kier molecular flexibility index (Phi) is 5.15. The molecule has 1 aliphatic rings. The van der Waals surface area contributed by atoms with Gasteiger partial charge >= 0.3 is 5.97 Å². The number of carbonyl (C=O) groups excluding carboxylic acids is 1. The monoisotopic (exact) mass is 240 g/mol. The number of rotatable bonds is 4. The van der Waals surface area contributed by atoms with Gasteiger partial charge in [-0.15, -0.1) is 0 Å². The van der Waals surface area contributed by atoms with Crippen LogP contribution in [0.1, 0.15) is 19.8 Å². The predicted molar refractivity (Wildman–Crippen MR) is 64.6 cm³/mol. The first-order chi connectivity index (χ1) is 8.02. The maximum absolute atomic E-state index is 11.5. The molecule has 0 aromatic carbocycles. The molecule has 1 unspecified atom stereocenters. The molecule has 96 valence electrons. The van der Waals surface area contributed by atoms with E-state index in [1.54, 1.807) is 14.0 Å². The zero-order valence-electron chi connectivity index (χ0n) is 10.4. The average Bonchev–Trinajstić information content (AvgIpc) is 2.27. The van der Waals surface area contributed by atoms with Crippen molar-refractivity contribution < 1.29 is 14.7 Å². The normalized spacial score (nSPS) is 22.2. The van der Waals surface area contributed by atoms with Crippen molar-refractivity contribution in [1.29, 1.82) is 0 Å². The first-order valence-electron chi connectivity index (χ1n) is 5.87. The number of likely N-dealkylation sites (tertiary alicyclic amines) is 1. The van der Waals surface area contributed by atoms with Crippen LogP contribution in [0.5, 0.6) is 0 Å². The Balaban J connectivity index is 2.50. The van der Waals surface area contributed by atoms with Gasteiger partial charge in [-0.05, 0) is 26.3 Å². The van der Waals surface area contributed by atoms with Gasteiger partial charge in [-0.3, -0.25) is 9.69 Å². The maximum Gasteiger partial charge on any atom is 0.328 e. The summed E-state index contributed by atoms with van der Waals surface area (Å²) in [6.45, 7) is 4.07. The van der Waals surface area contributed by atoms with E-state index in [-0.39, 0.29) is 11.8 Å². The highest BCUT2D eigenvalue weighted by atomic mass is 16.4. The smallest absolute Gasteiger partial charge is 0.328 e. The van der Waals surface area contributed by atoms with E-state index in [1.165, 1.54) is 6.08 Å². The third-order valence-corrected chi connectivity index (χ3v) is 2.97. The van der Waals surface area contributed by atoms with Crippen molar-refractivity contribution in [3.05, 3.63) is 11.6 Å². The summed E-state index contributed by atoms with van der Waals surface area (Å²) in [7, 11) is 1.65. The van der Waals surface area contributed by atoms with Crippen molar-refractivity contribution in [3.8, 4) is 0 Å². The number of aliphatic carboxylic acids is 1. The minimum absolute atomic E-state index is 0.0337. The molecule has 0 aromatic heterocycles. The lowest BCUT2D eigenvalue weighted by atomic mass is 9.97. The minimum Gasteiger partial charge on any atom is -0.478 e. The SMILES string of the molecule is CNC(=O)C1CCCN(CC(C)=CC(=O)O)C1. The maximum atomic E-state index is 11.5. The fourth-order valence-electron chi connectivity index (χ4n) is 2.23. The fourth-order valence-corrected chi connectivity index (χ4v) is 2.23. The van der Waals surface area contributed by atoms with Gasteiger partial charge in [0.25, 0.3) is 0 Å². The first-order valence-corrected chi connectivity index (χ1v) is 5.87. The van der Waals surface area contributed by atoms with Gasteiger partial charge in [-0.25, -0.2) is 4.79 Å². The van der Waals surface area contributed by atoms with E-state index in [0.29, 0.717) is 13.1 Å². The molecule has 0 aliphatic carbocycles.